The van der Waals surface area contributed by atoms with Crippen LogP contribution in [0.5, 0.6) is 5.75 Å². The smallest absolute Gasteiger partial charge is 0.191 e. The lowest BCUT2D eigenvalue weighted by molar-refractivity contribution is 0.288. The van der Waals surface area contributed by atoms with Gasteiger partial charge in [-0.3, -0.25) is 0 Å². The van der Waals surface area contributed by atoms with Gasteiger partial charge in [-0.25, -0.2) is 4.39 Å². The highest BCUT2D eigenvalue weighted by Gasteiger charge is 2.14. The largest absolute Gasteiger partial charge is 0.486 e. The molecule has 0 unspecified atom stereocenters. The number of thioether (sulfide) groups is 1. The minimum atomic E-state index is -0.314. The predicted octanol–water partition coefficient (Wildman–Crippen LogP) is 5.72. The zero-order chi connectivity index (χ0) is 18.5. The topological polar surface area (TPSA) is 39.9 Å². The molecule has 0 fully saturated rings. The van der Waals surface area contributed by atoms with E-state index in [0.717, 1.165) is 16.0 Å². The zero-order valence-electron chi connectivity index (χ0n) is 14.0. The van der Waals surface area contributed by atoms with E-state index in [1.165, 1.54) is 17.8 Å². The van der Waals surface area contributed by atoms with Crippen molar-refractivity contribution < 1.29 is 9.13 Å². The maximum absolute atomic E-state index is 13.9. The molecule has 0 amide bonds. The first kappa shape index (κ1) is 19.2. The summed E-state index contributed by atoms with van der Waals surface area (Å²) in [5.74, 6) is 1.55. The van der Waals surface area contributed by atoms with Crippen LogP contribution in [0.15, 0.2) is 52.1 Å². The van der Waals surface area contributed by atoms with Gasteiger partial charge in [0.15, 0.2) is 11.0 Å². The van der Waals surface area contributed by atoms with E-state index >= 15 is 0 Å². The van der Waals surface area contributed by atoms with Gasteiger partial charge in [-0.2, -0.15) is 0 Å². The normalized spacial score (nSPS) is 10.9. The molecule has 26 heavy (non-hydrogen) atoms. The Morgan fingerprint density at radius 3 is 2.65 bits per heavy atom. The Kier molecular flexibility index (Phi) is 6.56. The van der Waals surface area contributed by atoms with Crippen LogP contribution in [0.25, 0.3) is 0 Å². The fourth-order valence-corrected chi connectivity index (χ4v) is 3.96. The molecule has 0 saturated carbocycles. The van der Waals surface area contributed by atoms with Crippen LogP contribution in [0.3, 0.4) is 0 Å². The molecule has 0 spiro atoms. The number of rotatable bonds is 7. The molecule has 0 N–H and O–H groups in total. The molecule has 0 bridgehead atoms. The molecule has 136 valence electrons. The highest BCUT2D eigenvalue weighted by molar-refractivity contribution is 9.10. The molecule has 1 heterocycles. The average Bonchev–Trinajstić information content (AvgIpc) is 3.03. The summed E-state index contributed by atoms with van der Waals surface area (Å²) in [6.45, 7) is 3.01. The molecule has 0 saturated heterocycles. The van der Waals surface area contributed by atoms with Crippen molar-refractivity contribution >= 4 is 39.3 Å². The van der Waals surface area contributed by atoms with Crippen LogP contribution in [-0.4, -0.2) is 14.8 Å². The van der Waals surface area contributed by atoms with Crippen molar-refractivity contribution in [2.45, 2.75) is 31.0 Å². The fourth-order valence-electron chi connectivity index (χ4n) is 2.34. The van der Waals surface area contributed by atoms with Gasteiger partial charge in [-0.1, -0.05) is 45.4 Å². The summed E-state index contributed by atoms with van der Waals surface area (Å²) in [6, 6.07) is 12.3. The highest BCUT2D eigenvalue weighted by atomic mass is 79.9. The number of benzene rings is 2. The number of hydrogen-bond acceptors (Lipinski definition) is 4. The third-order valence-electron chi connectivity index (χ3n) is 3.70. The van der Waals surface area contributed by atoms with Crippen LogP contribution >= 0.6 is 39.3 Å². The molecule has 0 atom stereocenters. The zero-order valence-corrected chi connectivity index (χ0v) is 17.1. The standard InChI is InChI=1S/C18H16BrClFN3OS/c1-2-24-17(10-25-13-8-6-12(19)7-9-13)22-23-18(24)26-11-14-15(20)4-3-5-16(14)21/h3-9H,2,10-11H2,1H3. The second kappa shape index (κ2) is 8.88. The molecule has 0 aliphatic heterocycles. The van der Waals surface area contributed by atoms with E-state index in [4.69, 9.17) is 16.3 Å². The first-order valence-corrected chi connectivity index (χ1v) is 10.1. The van der Waals surface area contributed by atoms with E-state index in [1.54, 1.807) is 12.1 Å². The van der Waals surface area contributed by atoms with E-state index in [1.807, 2.05) is 35.8 Å². The van der Waals surface area contributed by atoms with Crippen molar-refractivity contribution in [1.29, 1.82) is 0 Å². The molecule has 1 aromatic heterocycles. The van der Waals surface area contributed by atoms with Crippen LogP contribution in [-0.2, 0) is 18.9 Å². The summed E-state index contributed by atoms with van der Waals surface area (Å²) in [6.07, 6.45) is 0. The lowest BCUT2D eigenvalue weighted by Gasteiger charge is -2.09. The summed E-state index contributed by atoms with van der Waals surface area (Å²) < 4.78 is 22.6. The number of halogens is 3. The first-order chi connectivity index (χ1) is 12.6. The second-order valence-corrected chi connectivity index (χ2v) is 7.64. The van der Waals surface area contributed by atoms with Gasteiger partial charge in [0.05, 0.1) is 0 Å². The molecule has 8 heteroatoms. The molecule has 0 aliphatic carbocycles. The number of nitrogens with zero attached hydrogens (tertiary/aromatic N) is 3. The predicted molar refractivity (Wildman–Crippen MR) is 105 cm³/mol. The van der Waals surface area contributed by atoms with Crippen molar-refractivity contribution in [3.8, 4) is 5.75 Å². The van der Waals surface area contributed by atoms with Gasteiger partial charge >= 0.3 is 0 Å². The van der Waals surface area contributed by atoms with Crippen LogP contribution < -0.4 is 4.74 Å². The second-order valence-electron chi connectivity index (χ2n) is 5.37. The lowest BCUT2D eigenvalue weighted by atomic mass is 10.2. The van der Waals surface area contributed by atoms with Crippen molar-refractivity contribution in [1.82, 2.24) is 14.8 Å². The molecule has 4 nitrogen and oxygen atoms in total. The summed E-state index contributed by atoms with van der Waals surface area (Å²) in [4.78, 5) is 0. The lowest BCUT2D eigenvalue weighted by Crippen LogP contribution is -2.07. The van der Waals surface area contributed by atoms with Gasteiger partial charge < -0.3 is 9.30 Å². The Labute approximate surface area is 168 Å². The summed E-state index contributed by atoms with van der Waals surface area (Å²) in [7, 11) is 0. The molecular weight excluding hydrogens is 441 g/mol. The van der Waals surface area contributed by atoms with Gasteiger partial charge in [0.1, 0.15) is 18.2 Å². The molecule has 3 rings (SSSR count). The monoisotopic (exact) mass is 455 g/mol. The molecular formula is C18H16BrClFN3OS. The Morgan fingerprint density at radius 2 is 1.96 bits per heavy atom. The van der Waals surface area contributed by atoms with Crippen molar-refractivity contribution in [3.63, 3.8) is 0 Å². The van der Waals surface area contributed by atoms with Crippen LogP contribution in [0.1, 0.15) is 18.3 Å². The SMILES string of the molecule is CCn1c(COc2ccc(Br)cc2)nnc1SCc1c(F)cccc1Cl. The van der Waals surface area contributed by atoms with Crippen molar-refractivity contribution in [3.05, 3.63) is 69.2 Å². The summed E-state index contributed by atoms with van der Waals surface area (Å²) >= 11 is 10.9. The Bertz CT molecular complexity index is 868. The number of hydrogen-bond donors (Lipinski definition) is 0. The van der Waals surface area contributed by atoms with E-state index in [0.29, 0.717) is 34.6 Å². The average molecular weight is 457 g/mol. The van der Waals surface area contributed by atoms with E-state index in [9.17, 15) is 4.39 Å². The Morgan fingerprint density at radius 1 is 1.19 bits per heavy atom. The quantitative estimate of drug-likeness (QED) is 0.426. The third-order valence-corrected chi connectivity index (χ3v) is 5.57. The highest BCUT2D eigenvalue weighted by Crippen LogP contribution is 2.28. The number of ether oxygens (including phenoxy) is 1. The van der Waals surface area contributed by atoms with Crippen molar-refractivity contribution in [2.24, 2.45) is 0 Å². The first-order valence-electron chi connectivity index (χ1n) is 7.94. The van der Waals surface area contributed by atoms with Crippen LogP contribution in [0.4, 0.5) is 4.39 Å². The van der Waals surface area contributed by atoms with E-state index < -0.39 is 0 Å². The fraction of sp³-hybridized carbons (Fsp3) is 0.222. The van der Waals surface area contributed by atoms with Gasteiger partial charge in [0, 0.05) is 27.4 Å². The summed E-state index contributed by atoms with van der Waals surface area (Å²) in [5.41, 5.74) is 0.470. The molecule has 0 radical (unpaired) electrons. The third kappa shape index (κ3) is 4.58. The van der Waals surface area contributed by atoms with Crippen molar-refractivity contribution in [2.75, 3.05) is 0 Å². The van der Waals surface area contributed by atoms with Crippen LogP contribution in [0.2, 0.25) is 5.02 Å². The van der Waals surface area contributed by atoms with Gasteiger partial charge in [-0.05, 0) is 43.3 Å². The minimum absolute atomic E-state index is 0.309. The van der Waals surface area contributed by atoms with Gasteiger partial charge in [0.2, 0.25) is 0 Å². The number of aromatic nitrogens is 3. The Balaban J connectivity index is 1.68. The van der Waals surface area contributed by atoms with Gasteiger partial charge in [0.25, 0.3) is 0 Å². The van der Waals surface area contributed by atoms with E-state index in [2.05, 4.69) is 26.1 Å². The molecule has 2 aromatic carbocycles. The summed E-state index contributed by atoms with van der Waals surface area (Å²) in [5, 5.41) is 9.54. The van der Waals surface area contributed by atoms with E-state index in [-0.39, 0.29) is 5.82 Å². The van der Waals surface area contributed by atoms with Crippen LogP contribution in [0, 0.1) is 5.82 Å². The molecule has 0 aliphatic rings. The molecule has 3 aromatic rings. The van der Waals surface area contributed by atoms with Gasteiger partial charge in [-0.15, -0.1) is 10.2 Å². The maximum atomic E-state index is 13.9. The Hall–Kier alpha value is -1.57. The minimum Gasteiger partial charge on any atom is -0.486 e. The maximum Gasteiger partial charge on any atom is 0.191 e.